The van der Waals surface area contributed by atoms with Gasteiger partial charge >= 0.3 is 11.0 Å². The van der Waals surface area contributed by atoms with Crippen LogP contribution in [0.5, 0.6) is 11.5 Å². The Hall–Kier alpha value is -3.52. The van der Waals surface area contributed by atoms with Crippen LogP contribution in [-0.4, -0.2) is 19.2 Å². The molecule has 0 aliphatic rings. The number of nitrogens with one attached hydrogen (secondary N) is 1. The maximum absolute atomic E-state index is 13.6. The average molecular weight is 426 g/mol. The molecule has 4 rings (SSSR count). The van der Waals surface area contributed by atoms with Crippen LogP contribution in [0.15, 0.2) is 66.7 Å². The quantitative estimate of drug-likeness (QED) is 0.435. The molecule has 0 bridgehead atoms. The molecular weight excluding hydrogens is 408 g/mol. The highest BCUT2D eigenvalue weighted by Gasteiger charge is 2.29. The fourth-order valence-electron chi connectivity index (χ4n) is 3.05. The minimum Gasteiger partial charge on any atom is -0.496 e. The zero-order valence-electron chi connectivity index (χ0n) is 16.2. The van der Waals surface area contributed by atoms with Crippen molar-refractivity contribution in [2.75, 3.05) is 19.5 Å². The molecule has 0 atom stereocenters. The van der Waals surface area contributed by atoms with Crippen LogP contribution in [0.3, 0.4) is 0 Å². The van der Waals surface area contributed by atoms with Crippen molar-refractivity contribution < 1.29 is 22.2 Å². The van der Waals surface area contributed by atoms with Gasteiger partial charge in [0, 0.05) is 11.8 Å². The zero-order chi connectivity index (χ0) is 21.1. The largest absolute Gasteiger partial charge is 0.496 e. The summed E-state index contributed by atoms with van der Waals surface area (Å²) in [4.78, 5) is 4.69. The summed E-state index contributed by atoms with van der Waals surface area (Å²) in [6, 6.07) is 18.3. The highest BCUT2D eigenvalue weighted by Crippen LogP contribution is 2.32. The van der Waals surface area contributed by atoms with Crippen LogP contribution in [0, 0.1) is 11.6 Å². The third-order valence-corrected chi connectivity index (χ3v) is 5.26. The molecule has 152 valence electrons. The van der Waals surface area contributed by atoms with Gasteiger partial charge in [0.1, 0.15) is 34.5 Å². The molecule has 8 heteroatoms. The molecule has 30 heavy (non-hydrogen) atoms. The lowest BCUT2D eigenvalue weighted by Crippen LogP contribution is -2.28. The summed E-state index contributed by atoms with van der Waals surface area (Å²) >= 11 is 1.28. The molecule has 0 aliphatic carbocycles. The van der Waals surface area contributed by atoms with Crippen molar-refractivity contribution in [3.8, 4) is 28.6 Å². The summed E-state index contributed by atoms with van der Waals surface area (Å²) in [7, 11) is 3.19. The second kappa shape index (κ2) is 8.46. The number of halogens is 2. The minimum absolute atomic E-state index is 0.264. The van der Waals surface area contributed by atoms with E-state index in [-0.39, 0.29) is 5.69 Å². The van der Waals surface area contributed by atoms with Crippen LogP contribution in [0.4, 0.5) is 19.6 Å². The molecular formula is C22H18F2N3O2S+. The number of ether oxygens (including phenoxy) is 2. The van der Waals surface area contributed by atoms with Crippen molar-refractivity contribution in [3.63, 3.8) is 0 Å². The molecule has 0 saturated carbocycles. The van der Waals surface area contributed by atoms with Gasteiger partial charge in [-0.1, -0.05) is 24.3 Å². The van der Waals surface area contributed by atoms with Crippen LogP contribution in [0.2, 0.25) is 0 Å². The standard InChI is InChI=1S/C22H17F2N3O2S/c1-28-19-9-5-3-7-17(19)21-26-22(25-16-12-14(23)11-15(24)13-16)30-27(21)18-8-4-6-10-20(18)29-2/h3-13H,1-2H3/p+1. The highest BCUT2D eigenvalue weighted by atomic mass is 32.1. The number of aromatic nitrogens is 2. The summed E-state index contributed by atoms with van der Waals surface area (Å²) in [6.07, 6.45) is 0. The number of para-hydroxylation sites is 3. The molecule has 0 aliphatic heterocycles. The average Bonchev–Trinajstić information content (AvgIpc) is 3.16. The summed E-state index contributed by atoms with van der Waals surface area (Å²) in [5.41, 5.74) is 1.80. The van der Waals surface area contributed by atoms with Gasteiger partial charge in [0.2, 0.25) is 0 Å². The van der Waals surface area contributed by atoms with Crippen molar-refractivity contribution in [1.82, 2.24) is 4.98 Å². The van der Waals surface area contributed by atoms with Gasteiger partial charge in [0.15, 0.2) is 11.4 Å². The van der Waals surface area contributed by atoms with Gasteiger partial charge < -0.3 is 14.8 Å². The molecule has 1 heterocycles. The van der Waals surface area contributed by atoms with Crippen molar-refractivity contribution in [2.45, 2.75) is 0 Å². The number of benzene rings is 3. The van der Waals surface area contributed by atoms with Gasteiger partial charge in [-0.05, 0) is 41.4 Å². The van der Waals surface area contributed by atoms with Crippen LogP contribution in [0.25, 0.3) is 17.1 Å². The Labute approximate surface area is 176 Å². The van der Waals surface area contributed by atoms with Crippen molar-refractivity contribution in [1.29, 1.82) is 0 Å². The molecule has 5 nitrogen and oxygen atoms in total. The minimum atomic E-state index is -0.670. The van der Waals surface area contributed by atoms with Crippen LogP contribution >= 0.6 is 11.5 Å². The molecule has 0 spiro atoms. The Morgan fingerprint density at radius 1 is 0.867 bits per heavy atom. The number of rotatable bonds is 6. The number of nitrogens with zero attached hydrogens (tertiary/aromatic N) is 2. The van der Waals surface area contributed by atoms with Crippen molar-refractivity contribution in [2.24, 2.45) is 0 Å². The van der Waals surface area contributed by atoms with E-state index in [9.17, 15) is 8.78 Å². The molecule has 0 radical (unpaired) electrons. The molecule has 0 fully saturated rings. The summed E-state index contributed by atoms with van der Waals surface area (Å²) < 4.78 is 40.1. The maximum atomic E-state index is 13.6. The van der Waals surface area contributed by atoms with Gasteiger partial charge in [-0.2, -0.15) is 0 Å². The van der Waals surface area contributed by atoms with Crippen LogP contribution in [0.1, 0.15) is 0 Å². The predicted octanol–water partition coefficient (Wildman–Crippen LogP) is 5.13. The zero-order valence-corrected chi connectivity index (χ0v) is 17.0. The first kappa shape index (κ1) is 19.8. The number of hydrogen-bond donors (Lipinski definition) is 1. The van der Waals surface area contributed by atoms with Gasteiger partial charge in [-0.15, -0.1) is 3.96 Å². The van der Waals surface area contributed by atoms with E-state index in [0.717, 1.165) is 17.3 Å². The van der Waals surface area contributed by atoms with E-state index in [4.69, 9.17) is 9.47 Å². The van der Waals surface area contributed by atoms with Gasteiger partial charge in [0.25, 0.3) is 0 Å². The Kier molecular flexibility index (Phi) is 5.58. The fourth-order valence-corrected chi connectivity index (χ4v) is 3.99. The lowest BCUT2D eigenvalue weighted by Gasteiger charge is -2.06. The number of anilines is 2. The molecule has 3 aromatic carbocycles. The lowest BCUT2D eigenvalue weighted by molar-refractivity contribution is -0.510. The smallest absolute Gasteiger partial charge is 0.354 e. The second-order valence-electron chi connectivity index (χ2n) is 6.28. The van der Waals surface area contributed by atoms with E-state index in [0.29, 0.717) is 22.5 Å². The Bertz CT molecular complexity index is 1110. The molecule has 0 amide bonds. The van der Waals surface area contributed by atoms with Crippen molar-refractivity contribution >= 4 is 22.4 Å². The monoisotopic (exact) mass is 426 g/mol. The number of hydrogen-bond acceptors (Lipinski definition) is 5. The van der Waals surface area contributed by atoms with Gasteiger partial charge in [-0.25, -0.2) is 8.78 Å². The van der Waals surface area contributed by atoms with E-state index in [1.165, 1.54) is 23.7 Å². The number of methoxy groups -OCH3 is 2. The van der Waals surface area contributed by atoms with Gasteiger partial charge in [-0.3, -0.25) is 0 Å². The first-order valence-electron chi connectivity index (χ1n) is 9.02. The molecule has 4 aromatic rings. The maximum Gasteiger partial charge on any atom is 0.354 e. The van der Waals surface area contributed by atoms with E-state index in [2.05, 4.69) is 10.3 Å². The summed E-state index contributed by atoms with van der Waals surface area (Å²) in [5, 5.41) is 3.44. The predicted molar refractivity (Wildman–Crippen MR) is 112 cm³/mol. The normalized spacial score (nSPS) is 10.7. The summed E-state index contributed by atoms with van der Waals surface area (Å²) in [6.45, 7) is 0. The Balaban J connectivity index is 1.87. The van der Waals surface area contributed by atoms with Crippen molar-refractivity contribution in [3.05, 3.63) is 78.4 Å². The van der Waals surface area contributed by atoms with E-state index >= 15 is 0 Å². The van der Waals surface area contributed by atoms with E-state index in [1.807, 2.05) is 52.5 Å². The van der Waals surface area contributed by atoms with E-state index < -0.39 is 11.6 Å². The SMILES string of the molecule is COc1ccccc1-c1nc(Nc2cc(F)cc(F)c2)s[n+]1-c1ccccc1OC. The second-order valence-corrected chi connectivity index (χ2v) is 7.22. The Morgan fingerprint density at radius 3 is 2.20 bits per heavy atom. The van der Waals surface area contributed by atoms with Gasteiger partial charge in [0.05, 0.1) is 14.2 Å². The highest BCUT2D eigenvalue weighted by molar-refractivity contribution is 7.06. The first-order valence-corrected chi connectivity index (χ1v) is 9.79. The van der Waals surface area contributed by atoms with E-state index in [1.54, 1.807) is 14.2 Å². The lowest BCUT2D eigenvalue weighted by atomic mass is 10.2. The molecule has 1 N–H and O–H groups in total. The third-order valence-electron chi connectivity index (χ3n) is 4.34. The Morgan fingerprint density at radius 2 is 1.50 bits per heavy atom. The third kappa shape index (κ3) is 3.95. The first-order chi connectivity index (χ1) is 14.6. The van der Waals surface area contributed by atoms with Crippen LogP contribution < -0.4 is 18.7 Å². The molecule has 0 unspecified atom stereocenters. The summed E-state index contributed by atoms with van der Waals surface area (Å²) in [5.74, 6) is 0.565. The topological polar surface area (TPSA) is 47.3 Å². The fraction of sp³-hybridized carbons (Fsp3) is 0.0909. The molecule has 0 saturated heterocycles. The molecule has 1 aromatic heterocycles. The van der Waals surface area contributed by atoms with Crippen LogP contribution in [-0.2, 0) is 0 Å².